The van der Waals surface area contributed by atoms with E-state index < -0.39 is 12.8 Å². The molecule has 2 aliphatic rings. The van der Waals surface area contributed by atoms with E-state index >= 15 is 0 Å². The van der Waals surface area contributed by atoms with E-state index in [0.29, 0.717) is 44.8 Å². The Balaban J connectivity index is 1.37. The number of amides is 1. The highest BCUT2D eigenvalue weighted by Crippen LogP contribution is 2.28. The third-order valence-corrected chi connectivity index (χ3v) is 6.29. The number of fused-ring (bicyclic) bond motifs is 1. The fourth-order valence-electron chi connectivity index (χ4n) is 4.60. The van der Waals surface area contributed by atoms with Gasteiger partial charge in [-0.1, -0.05) is 36.8 Å². The SMILES string of the molecule is O=C(c1nc(-c2ccccc2)n2c1CCCCC2)N1CCN(CCCOCC(F)(F)F)CC1. The second kappa shape index (κ2) is 10.7. The van der Waals surface area contributed by atoms with Crippen molar-refractivity contribution in [3.8, 4) is 11.4 Å². The number of ether oxygens (including phenoxy) is 1. The van der Waals surface area contributed by atoms with Crippen LogP contribution in [-0.2, 0) is 17.7 Å². The molecule has 0 N–H and O–H groups in total. The Morgan fingerprint density at radius 2 is 1.76 bits per heavy atom. The summed E-state index contributed by atoms with van der Waals surface area (Å²) in [5.74, 6) is 0.851. The van der Waals surface area contributed by atoms with Gasteiger partial charge in [-0.2, -0.15) is 13.2 Å². The minimum Gasteiger partial charge on any atom is -0.372 e. The standard InChI is InChI=1S/C24H31F3N4O2/c25-24(26,27)18-33-17-7-11-29-13-15-30(16-14-29)23(32)21-20-10-5-2-6-12-31(20)22(28-21)19-8-3-1-4-9-19/h1,3-4,8-9H,2,5-7,10-18H2. The molecule has 2 aromatic rings. The topological polar surface area (TPSA) is 50.6 Å². The van der Waals surface area contributed by atoms with Gasteiger partial charge in [0.05, 0.1) is 5.69 Å². The van der Waals surface area contributed by atoms with Crippen LogP contribution in [-0.4, -0.2) is 77.4 Å². The monoisotopic (exact) mass is 464 g/mol. The number of hydrogen-bond acceptors (Lipinski definition) is 4. The van der Waals surface area contributed by atoms with E-state index in [-0.39, 0.29) is 12.5 Å². The third kappa shape index (κ3) is 6.14. The molecular weight excluding hydrogens is 433 g/mol. The maximum atomic E-state index is 13.4. The van der Waals surface area contributed by atoms with Gasteiger partial charge in [-0.15, -0.1) is 0 Å². The smallest absolute Gasteiger partial charge is 0.372 e. The molecule has 1 saturated heterocycles. The van der Waals surface area contributed by atoms with Gasteiger partial charge in [0.1, 0.15) is 18.1 Å². The molecule has 0 atom stereocenters. The Labute approximate surface area is 192 Å². The van der Waals surface area contributed by atoms with Crippen molar-refractivity contribution in [3.63, 3.8) is 0 Å². The van der Waals surface area contributed by atoms with Crippen molar-refractivity contribution in [2.24, 2.45) is 0 Å². The number of carbonyl (C=O) groups is 1. The zero-order valence-electron chi connectivity index (χ0n) is 18.8. The third-order valence-electron chi connectivity index (χ3n) is 6.29. The maximum absolute atomic E-state index is 13.4. The van der Waals surface area contributed by atoms with Gasteiger partial charge >= 0.3 is 6.18 Å². The van der Waals surface area contributed by atoms with Crippen molar-refractivity contribution in [3.05, 3.63) is 41.7 Å². The normalized spacial score (nSPS) is 17.6. The van der Waals surface area contributed by atoms with Gasteiger partial charge in [0.15, 0.2) is 0 Å². The second-order valence-corrected chi connectivity index (χ2v) is 8.71. The first-order chi connectivity index (χ1) is 15.9. The van der Waals surface area contributed by atoms with Crippen LogP contribution in [0.3, 0.4) is 0 Å². The van der Waals surface area contributed by atoms with E-state index in [2.05, 4.69) is 14.2 Å². The summed E-state index contributed by atoms with van der Waals surface area (Å²) < 4.78 is 43.3. The molecular formula is C24H31F3N4O2. The predicted octanol–water partition coefficient (Wildman–Crippen LogP) is 4.00. The molecule has 0 saturated carbocycles. The van der Waals surface area contributed by atoms with Crippen molar-refractivity contribution < 1.29 is 22.7 Å². The summed E-state index contributed by atoms with van der Waals surface area (Å²) in [4.78, 5) is 22.3. The number of carbonyl (C=O) groups excluding carboxylic acids is 1. The number of alkyl halides is 3. The lowest BCUT2D eigenvalue weighted by atomic mass is 10.1. The highest BCUT2D eigenvalue weighted by Gasteiger charge is 2.30. The van der Waals surface area contributed by atoms with Crippen LogP contribution in [0.4, 0.5) is 13.2 Å². The average Bonchev–Trinajstić information content (AvgIpc) is 2.99. The lowest BCUT2D eigenvalue weighted by Gasteiger charge is -2.34. The van der Waals surface area contributed by atoms with Gasteiger partial charge in [-0.05, 0) is 25.7 Å². The minimum atomic E-state index is -4.28. The molecule has 3 heterocycles. The van der Waals surface area contributed by atoms with Crippen LogP contribution in [0.5, 0.6) is 0 Å². The Morgan fingerprint density at radius 3 is 2.48 bits per heavy atom. The number of rotatable bonds is 7. The van der Waals surface area contributed by atoms with Gasteiger partial charge in [0, 0.05) is 51.4 Å². The number of nitrogens with zero attached hydrogens (tertiary/aromatic N) is 4. The predicted molar refractivity (Wildman–Crippen MR) is 119 cm³/mol. The molecule has 2 aliphatic heterocycles. The van der Waals surface area contributed by atoms with Crippen LogP contribution >= 0.6 is 0 Å². The number of halogens is 3. The van der Waals surface area contributed by atoms with Crippen molar-refractivity contribution in [2.45, 2.75) is 44.8 Å². The van der Waals surface area contributed by atoms with E-state index in [1.165, 1.54) is 0 Å². The lowest BCUT2D eigenvalue weighted by molar-refractivity contribution is -0.174. The first-order valence-electron chi connectivity index (χ1n) is 11.7. The zero-order valence-corrected chi connectivity index (χ0v) is 18.8. The highest BCUT2D eigenvalue weighted by atomic mass is 19.4. The number of hydrogen-bond donors (Lipinski definition) is 0. The molecule has 1 fully saturated rings. The van der Waals surface area contributed by atoms with E-state index in [9.17, 15) is 18.0 Å². The molecule has 0 unspecified atom stereocenters. The highest BCUT2D eigenvalue weighted by molar-refractivity contribution is 5.94. The number of benzene rings is 1. The lowest BCUT2D eigenvalue weighted by Crippen LogP contribution is -2.49. The first kappa shape index (κ1) is 23.8. The molecule has 33 heavy (non-hydrogen) atoms. The molecule has 9 heteroatoms. The summed E-state index contributed by atoms with van der Waals surface area (Å²) in [5.41, 5.74) is 2.64. The summed E-state index contributed by atoms with van der Waals surface area (Å²) in [7, 11) is 0. The summed E-state index contributed by atoms with van der Waals surface area (Å²) >= 11 is 0. The largest absolute Gasteiger partial charge is 0.411 e. The molecule has 180 valence electrons. The van der Waals surface area contributed by atoms with Crippen LogP contribution in [0.1, 0.15) is 41.9 Å². The number of aromatic nitrogens is 2. The van der Waals surface area contributed by atoms with Gasteiger partial charge in [-0.25, -0.2) is 4.98 Å². The van der Waals surface area contributed by atoms with E-state index in [0.717, 1.165) is 49.3 Å². The second-order valence-electron chi connectivity index (χ2n) is 8.71. The maximum Gasteiger partial charge on any atom is 0.411 e. The van der Waals surface area contributed by atoms with Crippen LogP contribution in [0.25, 0.3) is 11.4 Å². The average molecular weight is 465 g/mol. The van der Waals surface area contributed by atoms with Crippen LogP contribution < -0.4 is 0 Å². The van der Waals surface area contributed by atoms with E-state index in [4.69, 9.17) is 4.98 Å². The number of imidazole rings is 1. The van der Waals surface area contributed by atoms with Gasteiger partial charge in [0.2, 0.25) is 0 Å². The fourth-order valence-corrected chi connectivity index (χ4v) is 4.60. The van der Waals surface area contributed by atoms with Gasteiger partial charge < -0.3 is 14.2 Å². The summed E-state index contributed by atoms with van der Waals surface area (Å²) in [6.45, 7) is 3.02. The Bertz CT molecular complexity index is 922. The minimum absolute atomic E-state index is 0.0176. The number of piperazine rings is 1. The Hall–Kier alpha value is -2.39. The van der Waals surface area contributed by atoms with Gasteiger partial charge in [0.25, 0.3) is 5.91 Å². The van der Waals surface area contributed by atoms with Crippen LogP contribution in [0.2, 0.25) is 0 Å². The zero-order chi connectivity index (χ0) is 23.3. The van der Waals surface area contributed by atoms with Crippen molar-refractivity contribution in [1.29, 1.82) is 0 Å². The summed E-state index contributed by atoms with van der Waals surface area (Å²) in [6, 6.07) is 10.0. The molecule has 1 aromatic heterocycles. The molecule has 4 rings (SSSR count). The Kier molecular flexibility index (Phi) is 7.70. The fraction of sp³-hybridized carbons (Fsp3) is 0.583. The van der Waals surface area contributed by atoms with Crippen molar-refractivity contribution >= 4 is 5.91 Å². The summed E-state index contributed by atoms with van der Waals surface area (Å²) in [5, 5.41) is 0. The van der Waals surface area contributed by atoms with Crippen molar-refractivity contribution in [1.82, 2.24) is 19.4 Å². The molecule has 0 spiro atoms. The summed E-state index contributed by atoms with van der Waals surface area (Å²) in [6.07, 6.45) is 0.414. The van der Waals surface area contributed by atoms with Crippen LogP contribution in [0.15, 0.2) is 30.3 Å². The molecule has 0 radical (unpaired) electrons. The van der Waals surface area contributed by atoms with Gasteiger partial charge in [-0.3, -0.25) is 9.69 Å². The Morgan fingerprint density at radius 1 is 1.00 bits per heavy atom. The van der Waals surface area contributed by atoms with Crippen molar-refractivity contribution in [2.75, 3.05) is 45.9 Å². The quantitative estimate of drug-likeness (QED) is 0.582. The molecule has 0 bridgehead atoms. The molecule has 6 nitrogen and oxygen atoms in total. The van der Waals surface area contributed by atoms with E-state index in [1.807, 2.05) is 35.2 Å². The molecule has 0 aliphatic carbocycles. The molecule has 1 amide bonds. The van der Waals surface area contributed by atoms with Crippen LogP contribution in [0, 0.1) is 0 Å². The first-order valence-corrected chi connectivity index (χ1v) is 11.7. The molecule has 1 aromatic carbocycles. The van der Waals surface area contributed by atoms with E-state index in [1.54, 1.807) is 0 Å².